The molecule has 3 fully saturated rings. The lowest BCUT2D eigenvalue weighted by molar-refractivity contribution is -0.171. The number of hydrogen-bond donors (Lipinski definition) is 1. The van der Waals surface area contributed by atoms with E-state index in [9.17, 15) is 0 Å². The third-order valence-electron chi connectivity index (χ3n) is 4.74. The molecule has 2 atom stereocenters. The highest BCUT2D eigenvalue weighted by Crippen LogP contribution is 2.42. The first-order valence-electron chi connectivity index (χ1n) is 6.61. The second kappa shape index (κ2) is 3.44. The summed E-state index contributed by atoms with van der Waals surface area (Å²) in [7, 11) is 2.28. The number of nitrogens with zero attached hydrogens (tertiary/aromatic N) is 1. The van der Waals surface area contributed by atoms with Gasteiger partial charge < -0.3 is 9.64 Å². The maximum absolute atomic E-state index is 6.21. The van der Waals surface area contributed by atoms with Gasteiger partial charge in [0.15, 0.2) is 0 Å². The van der Waals surface area contributed by atoms with Crippen molar-refractivity contribution >= 4 is 0 Å². The maximum atomic E-state index is 6.21. The van der Waals surface area contributed by atoms with Gasteiger partial charge in [0.1, 0.15) is 5.72 Å². The maximum Gasteiger partial charge on any atom is 0.122 e. The van der Waals surface area contributed by atoms with Gasteiger partial charge in [0.05, 0.1) is 6.61 Å². The average molecular weight is 224 g/mol. The zero-order chi connectivity index (χ0) is 11.4. The van der Waals surface area contributed by atoms with E-state index < -0.39 is 0 Å². The van der Waals surface area contributed by atoms with Gasteiger partial charge in [-0.25, -0.2) is 0 Å². The van der Waals surface area contributed by atoms with Crippen LogP contribution in [0, 0.1) is 5.41 Å². The number of piperidine rings is 1. The molecule has 0 aliphatic carbocycles. The average Bonchev–Trinajstić information content (AvgIpc) is 2.50. The predicted octanol–water partition coefficient (Wildman–Crippen LogP) is 1.59. The Balaban J connectivity index is 1.73. The quantitative estimate of drug-likeness (QED) is 0.676. The molecule has 3 nitrogen and oxygen atoms in total. The van der Waals surface area contributed by atoms with Crippen LogP contribution in [0.3, 0.4) is 0 Å². The van der Waals surface area contributed by atoms with Crippen molar-refractivity contribution in [2.45, 2.75) is 57.3 Å². The number of fused-ring (bicyclic) bond motifs is 2. The standard InChI is InChI=1S/C13H24N2O/c1-12(2)8-14-13(16-9-12)6-10-4-5-11(7-13)15(10)3/h10-11,14H,4-9H2,1-3H3. The molecule has 0 aromatic heterocycles. The smallest absolute Gasteiger partial charge is 0.122 e. The summed E-state index contributed by atoms with van der Waals surface area (Å²) in [5.74, 6) is 0. The molecule has 2 unspecified atom stereocenters. The van der Waals surface area contributed by atoms with E-state index in [1.54, 1.807) is 0 Å². The van der Waals surface area contributed by atoms with Crippen LogP contribution in [0.15, 0.2) is 0 Å². The molecular formula is C13H24N2O. The minimum Gasteiger partial charge on any atom is -0.360 e. The molecule has 0 aromatic rings. The molecule has 16 heavy (non-hydrogen) atoms. The van der Waals surface area contributed by atoms with Gasteiger partial charge in [0.2, 0.25) is 0 Å². The summed E-state index contributed by atoms with van der Waals surface area (Å²) in [4.78, 5) is 2.57. The van der Waals surface area contributed by atoms with Gasteiger partial charge in [-0.15, -0.1) is 0 Å². The normalized spacial score (nSPS) is 47.4. The van der Waals surface area contributed by atoms with Gasteiger partial charge in [-0.2, -0.15) is 0 Å². The minimum atomic E-state index is 0.00780. The Bertz CT molecular complexity index is 264. The fourth-order valence-corrected chi connectivity index (χ4v) is 3.52. The first kappa shape index (κ1) is 11.0. The number of rotatable bonds is 0. The van der Waals surface area contributed by atoms with Crippen molar-refractivity contribution in [3.8, 4) is 0 Å². The van der Waals surface area contributed by atoms with Gasteiger partial charge >= 0.3 is 0 Å². The van der Waals surface area contributed by atoms with Crippen LogP contribution in [0.4, 0.5) is 0 Å². The lowest BCUT2D eigenvalue weighted by atomic mass is 9.87. The summed E-state index contributed by atoms with van der Waals surface area (Å²) in [5, 5.41) is 3.70. The Kier molecular flexibility index (Phi) is 2.36. The van der Waals surface area contributed by atoms with Gasteiger partial charge in [-0.05, 0) is 19.9 Å². The monoisotopic (exact) mass is 224 g/mol. The van der Waals surface area contributed by atoms with E-state index in [1.807, 2.05) is 0 Å². The van der Waals surface area contributed by atoms with Crippen molar-refractivity contribution in [2.24, 2.45) is 5.41 Å². The Morgan fingerprint density at radius 1 is 1.19 bits per heavy atom. The van der Waals surface area contributed by atoms with Gasteiger partial charge in [-0.1, -0.05) is 13.8 Å². The predicted molar refractivity (Wildman–Crippen MR) is 64.3 cm³/mol. The minimum absolute atomic E-state index is 0.00780. The van der Waals surface area contributed by atoms with E-state index >= 15 is 0 Å². The van der Waals surface area contributed by atoms with E-state index in [-0.39, 0.29) is 5.72 Å². The summed E-state index contributed by atoms with van der Waals surface area (Å²) in [5.41, 5.74) is 0.307. The zero-order valence-electron chi connectivity index (χ0n) is 10.8. The number of ether oxygens (including phenoxy) is 1. The molecule has 3 aliphatic heterocycles. The summed E-state index contributed by atoms with van der Waals surface area (Å²) in [6.45, 7) is 6.55. The summed E-state index contributed by atoms with van der Waals surface area (Å²) < 4.78 is 6.21. The SMILES string of the molecule is CN1C2CCC1CC1(C2)NCC(C)(C)CO1. The van der Waals surface area contributed by atoms with Crippen molar-refractivity contribution in [1.29, 1.82) is 0 Å². The summed E-state index contributed by atoms with van der Waals surface area (Å²) in [6, 6.07) is 1.49. The van der Waals surface area contributed by atoms with E-state index in [0.29, 0.717) is 5.41 Å². The highest BCUT2D eigenvalue weighted by Gasteiger charge is 2.50. The third kappa shape index (κ3) is 1.69. The van der Waals surface area contributed by atoms with Gasteiger partial charge in [0.25, 0.3) is 0 Å². The van der Waals surface area contributed by atoms with Crippen molar-refractivity contribution in [3.63, 3.8) is 0 Å². The Labute approximate surface area is 98.5 Å². The van der Waals surface area contributed by atoms with E-state index in [2.05, 4.69) is 31.1 Å². The molecule has 3 saturated heterocycles. The fourth-order valence-electron chi connectivity index (χ4n) is 3.52. The van der Waals surface area contributed by atoms with E-state index in [4.69, 9.17) is 4.74 Å². The third-order valence-corrected chi connectivity index (χ3v) is 4.74. The van der Waals surface area contributed by atoms with Crippen LogP contribution in [0.2, 0.25) is 0 Å². The van der Waals surface area contributed by atoms with Crippen LogP contribution < -0.4 is 5.32 Å². The van der Waals surface area contributed by atoms with Crippen molar-refractivity contribution in [1.82, 2.24) is 10.2 Å². The second-order valence-electron chi connectivity index (χ2n) is 6.76. The largest absolute Gasteiger partial charge is 0.360 e. The highest BCUT2D eigenvalue weighted by molar-refractivity contribution is 5.02. The van der Waals surface area contributed by atoms with Crippen LogP contribution in [-0.2, 0) is 4.74 Å². The summed E-state index contributed by atoms with van der Waals surface area (Å²) in [6.07, 6.45) is 5.07. The molecule has 1 spiro atoms. The number of hydrogen-bond acceptors (Lipinski definition) is 3. The Hall–Kier alpha value is -0.120. The van der Waals surface area contributed by atoms with Crippen LogP contribution in [0.5, 0.6) is 0 Å². The van der Waals surface area contributed by atoms with Crippen LogP contribution in [0.1, 0.15) is 39.5 Å². The lowest BCUT2D eigenvalue weighted by Gasteiger charge is -2.50. The molecule has 0 aromatic carbocycles. The molecule has 3 rings (SSSR count). The molecule has 1 N–H and O–H groups in total. The molecule has 0 radical (unpaired) electrons. The Morgan fingerprint density at radius 3 is 2.31 bits per heavy atom. The van der Waals surface area contributed by atoms with Gasteiger partial charge in [-0.3, -0.25) is 5.32 Å². The molecule has 3 aliphatic rings. The highest BCUT2D eigenvalue weighted by atomic mass is 16.5. The first-order valence-corrected chi connectivity index (χ1v) is 6.61. The van der Waals surface area contributed by atoms with Crippen molar-refractivity contribution < 1.29 is 4.74 Å². The van der Waals surface area contributed by atoms with Crippen LogP contribution >= 0.6 is 0 Å². The van der Waals surface area contributed by atoms with Crippen molar-refractivity contribution in [3.05, 3.63) is 0 Å². The molecule has 92 valence electrons. The van der Waals surface area contributed by atoms with Crippen LogP contribution in [-0.4, -0.2) is 42.9 Å². The first-order chi connectivity index (χ1) is 7.50. The summed E-state index contributed by atoms with van der Waals surface area (Å²) >= 11 is 0. The van der Waals surface area contributed by atoms with E-state index in [0.717, 1.165) is 25.2 Å². The van der Waals surface area contributed by atoms with E-state index in [1.165, 1.54) is 25.7 Å². The molecule has 3 heteroatoms. The van der Waals surface area contributed by atoms with Gasteiger partial charge in [0, 0.05) is 36.9 Å². The zero-order valence-corrected chi connectivity index (χ0v) is 10.8. The molecule has 2 bridgehead atoms. The van der Waals surface area contributed by atoms with Crippen LogP contribution in [0.25, 0.3) is 0 Å². The lowest BCUT2D eigenvalue weighted by Crippen LogP contribution is -2.63. The molecule has 3 heterocycles. The molecular weight excluding hydrogens is 200 g/mol. The van der Waals surface area contributed by atoms with Crippen molar-refractivity contribution in [2.75, 3.05) is 20.2 Å². The number of nitrogens with one attached hydrogen (secondary N) is 1. The topological polar surface area (TPSA) is 24.5 Å². The Morgan fingerprint density at radius 2 is 1.81 bits per heavy atom. The fraction of sp³-hybridized carbons (Fsp3) is 1.00. The molecule has 0 amide bonds. The second-order valence-corrected chi connectivity index (χ2v) is 6.76. The molecule has 0 saturated carbocycles.